The molecule has 6 nitrogen and oxygen atoms in total. The van der Waals surface area contributed by atoms with Crippen LogP contribution in [0.25, 0.3) is 0 Å². The lowest BCUT2D eigenvalue weighted by molar-refractivity contribution is 0.0130. The molecule has 0 spiro atoms. The molecular weight excluding hydrogens is 441 g/mol. The highest BCUT2D eigenvalue weighted by Crippen LogP contribution is 2.28. The number of hydrogen-bond donors (Lipinski definition) is 2. The van der Waals surface area contributed by atoms with Crippen molar-refractivity contribution in [1.29, 1.82) is 0 Å². The largest absolute Gasteiger partial charge is 0.388 e. The number of hydrogen-bond acceptors (Lipinski definition) is 3. The summed E-state index contributed by atoms with van der Waals surface area (Å²) in [6, 6.07) is 0. The topological polar surface area (TPSA) is 65.7 Å². The molecule has 1 aromatic heterocycles. The second-order valence-corrected chi connectivity index (χ2v) is 7.68. The molecule has 1 aliphatic carbocycles. The highest BCUT2D eigenvalue weighted by molar-refractivity contribution is 14.0. The number of guanidine groups is 1. The first-order valence-corrected chi connectivity index (χ1v) is 9.59. The van der Waals surface area contributed by atoms with E-state index in [9.17, 15) is 5.11 Å². The van der Waals surface area contributed by atoms with Crippen LogP contribution in [0.15, 0.2) is 11.2 Å². The Labute approximate surface area is 175 Å². The molecule has 150 valence electrons. The van der Waals surface area contributed by atoms with E-state index in [0.29, 0.717) is 12.5 Å². The van der Waals surface area contributed by atoms with Gasteiger partial charge in [0.1, 0.15) is 0 Å². The Balaban J connectivity index is 0.00000338. The number of aliphatic imine (C=N–C) groups is 1. The summed E-state index contributed by atoms with van der Waals surface area (Å²) in [6.07, 6.45) is 7.24. The Kier molecular flexibility index (Phi) is 9.36. The summed E-state index contributed by atoms with van der Waals surface area (Å²) in [5.41, 5.74) is 1.73. The van der Waals surface area contributed by atoms with Crippen molar-refractivity contribution in [3.63, 3.8) is 0 Å². The van der Waals surface area contributed by atoms with Gasteiger partial charge in [0.15, 0.2) is 5.96 Å². The van der Waals surface area contributed by atoms with Crippen molar-refractivity contribution in [3.8, 4) is 0 Å². The first-order chi connectivity index (χ1) is 11.8. The molecule has 1 fully saturated rings. The molecule has 0 unspecified atom stereocenters. The van der Waals surface area contributed by atoms with Crippen molar-refractivity contribution in [3.05, 3.63) is 17.5 Å². The average molecular weight is 477 g/mol. The normalized spacial score (nSPS) is 17.1. The average Bonchev–Trinajstić information content (AvgIpc) is 2.92. The molecule has 2 rings (SSSR count). The lowest BCUT2D eigenvalue weighted by Crippen LogP contribution is -2.41. The first-order valence-electron chi connectivity index (χ1n) is 9.59. The third kappa shape index (κ3) is 6.40. The molecule has 0 radical (unpaired) electrons. The van der Waals surface area contributed by atoms with Gasteiger partial charge in [0, 0.05) is 38.9 Å². The zero-order valence-electron chi connectivity index (χ0n) is 17.0. The van der Waals surface area contributed by atoms with Gasteiger partial charge in [-0.2, -0.15) is 5.10 Å². The van der Waals surface area contributed by atoms with E-state index in [0.717, 1.165) is 50.4 Å². The SMILES string of the molecule is CCNC(=NCC1(O)CCCCC1)N(C)Cc1cn(C)nc1C(C)C.I. The number of rotatable bonds is 6. The van der Waals surface area contributed by atoms with Crippen molar-refractivity contribution >= 4 is 29.9 Å². The number of nitrogens with zero attached hydrogens (tertiary/aromatic N) is 4. The van der Waals surface area contributed by atoms with Crippen LogP contribution in [-0.4, -0.2) is 51.5 Å². The number of halogens is 1. The molecule has 7 heteroatoms. The number of nitrogens with one attached hydrogen (secondary N) is 1. The molecule has 26 heavy (non-hydrogen) atoms. The second-order valence-electron chi connectivity index (χ2n) is 7.68. The maximum Gasteiger partial charge on any atom is 0.194 e. The summed E-state index contributed by atoms with van der Waals surface area (Å²) in [6.45, 7) is 8.46. The molecule has 2 N–H and O–H groups in total. The minimum absolute atomic E-state index is 0. The smallest absolute Gasteiger partial charge is 0.194 e. The molecule has 0 aromatic carbocycles. The van der Waals surface area contributed by atoms with E-state index >= 15 is 0 Å². The van der Waals surface area contributed by atoms with E-state index in [2.05, 4.69) is 42.3 Å². The van der Waals surface area contributed by atoms with E-state index in [1.54, 1.807) is 0 Å². The molecule has 0 atom stereocenters. The van der Waals surface area contributed by atoms with Gasteiger partial charge in [0.25, 0.3) is 0 Å². The van der Waals surface area contributed by atoms with E-state index in [-0.39, 0.29) is 24.0 Å². The maximum absolute atomic E-state index is 10.7. The van der Waals surface area contributed by atoms with Gasteiger partial charge in [-0.25, -0.2) is 0 Å². The molecule has 0 aliphatic heterocycles. The fourth-order valence-electron chi connectivity index (χ4n) is 3.55. The predicted octanol–water partition coefficient (Wildman–Crippen LogP) is 3.25. The third-order valence-corrected chi connectivity index (χ3v) is 4.90. The van der Waals surface area contributed by atoms with Gasteiger partial charge >= 0.3 is 0 Å². The molecule has 1 heterocycles. The van der Waals surface area contributed by atoms with Crippen LogP contribution in [0.5, 0.6) is 0 Å². The van der Waals surface area contributed by atoms with Crippen LogP contribution in [-0.2, 0) is 13.6 Å². The summed E-state index contributed by atoms with van der Waals surface area (Å²) < 4.78 is 1.88. The highest BCUT2D eigenvalue weighted by Gasteiger charge is 2.29. The van der Waals surface area contributed by atoms with Crippen molar-refractivity contribution in [1.82, 2.24) is 20.0 Å². The van der Waals surface area contributed by atoms with Crippen LogP contribution in [0, 0.1) is 0 Å². The lowest BCUT2D eigenvalue weighted by Gasteiger charge is -2.31. The third-order valence-electron chi connectivity index (χ3n) is 4.90. The van der Waals surface area contributed by atoms with Crippen LogP contribution in [0.2, 0.25) is 0 Å². The minimum atomic E-state index is -0.628. The predicted molar refractivity (Wildman–Crippen MR) is 118 cm³/mol. The number of aromatic nitrogens is 2. The van der Waals surface area contributed by atoms with Gasteiger partial charge in [0.2, 0.25) is 0 Å². The van der Waals surface area contributed by atoms with E-state index in [1.165, 1.54) is 12.0 Å². The number of aryl methyl sites for hydroxylation is 1. The molecule has 0 amide bonds. The van der Waals surface area contributed by atoms with E-state index in [1.807, 2.05) is 18.8 Å². The molecular formula is C19H36IN5O. The van der Waals surface area contributed by atoms with Gasteiger partial charge < -0.3 is 15.3 Å². The molecule has 0 saturated heterocycles. The lowest BCUT2D eigenvalue weighted by atomic mass is 9.85. The van der Waals surface area contributed by atoms with Crippen LogP contribution >= 0.6 is 24.0 Å². The van der Waals surface area contributed by atoms with Crippen LogP contribution < -0.4 is 5.32 Å². The van der Waals surface area contributed by atoms with Gasteiger partial charge in [-0.3, -0.25) is 9.67 Å². The second kappa shape index (κ2) is 10.5. The van der Waals surface area contributed by atoms with Crippen molar-refractivity contribution < 1.29 is 5.11 Å². The zero-order valence-corrected chi connectivity index (χ0v) is 19.3. The van der Waals surface area contributed by atoms with E-state index < -0.39 is 5.60 Å². The van der Waals surface area contributed by atoms with Crippen LogP contribution in [0.4, 0.5) is 0 Å². The highest BCUT2D eigenvalue weighted by atomic mass is 127. The summed E-state index contributed by atoms with van der Waals surface area (Å²) >= 11 is 0. The Morgan fingerprint density at radius 1 is 1.38 bits per heavy atom. The Morgan fingerprint density at radius 2 is 2.04 bits per heavy atom. The van der Waals surface area contributed by atoms with Gasteiger partial charge in [-0.05, 0) is 25.7 Å². The van der Waals surface area contributed by atoms with Gasteiger partial charge in [-0.1, -0.05) is 33.1 Å². The monoisotopic (exact) mass is 477 g/mol. The fourth-order valence-corrected chi connectivity index (χ4v) is 3.55. The van der Waals surface area contributed by atoms with Gasteiger partial charge in [-0.15, -0.1) is 24.0 Å². The van der Waals surface area contributed by atoms with Crippen LogP contribution in [0.1, 0.15) is 70.1 Å². The zero-order chi connectivity index (χ0) is 18.4. The molecule has 0 bridgehead atoms. The van der Waals surface area contributed by atoms with Gasteiger partial charge in [0.05, 0.1) is 17.8 Å². The van der Waals surface area contributed by atoms with Crippen LogP contribution in [0.3, 0.4) is 0 Å². The van der Waals surface area contributed by atoms with Crippen molar-refractivity contribution in [2.24, 2.45) is 12.0 Å². The Morgan fingerprint density at radius 3 is 2.62 bits per heavy atom. The maximum atomic E-state index is 10.7. The number of aliphatic hydroxyl groups is 1. The Hall–Kier alpha value is -0.830. The quantitative estimate of drug-likeness (QED) is 0.375. The van der Waals surface area contributed by atoms with Crippen molar-refractivity contribution in [2.45, 2.75) is 70.9 Å². The molecule has 1 aromatic rings. The Bertz CT molecular complexity index is 578. The minimum Gasteiger partial charge on any atom is -0.388 e. The fraction of sp³-hybridized carbons (Fsp3) is 0.789. The van der Waals surface area contributed by atoms with E-state index in [4.69, 9.17) is 4.99 Å². The van der Waals surface area contributed by atoms with Crippen molar-refractivity contribution in [2.75, 3.05) is 20.1 Å². The first kappa shape index (κ1) is 23.2. The molecule has 1 aliphatic rings. The standard InChI is InChI=1S/C19H35N5O.HI/c1-6-20-18(21-14-19(25)10-8-7-9-11-19)23(4)12-16-13-24(5)22-17(16)15(2)3;/h13,15,25H,6-12,14H2,1-5H3,(H,20,21);1H. The summed E-state index contributed by atoms with van der Waals surface area (Å²) in [5, 5.41) is 18.7. The molecule has 1 saturated carbocycles. The summed E-state index contributed by atoms with van der Waals surface area (Å²) in [4.78, 5) is 6.86. The summed E-state index contributed by atoms with van der Waals surface area (Å²) in [7, 11) is 4.01. The summed E-state index contributed by atoms with van der Waals surface area (Å²) in [5.74, 6) is 1.24.